The highest BCUT2D eigenvalue weighted by Gasteiger charge is 2.58. The Morgan fingerprint density at radius 1 is 0.909 bits per heavy atom. The van der Waals surface area contributed by atoms with Gasteiger partial charge in [-0.1, -0.05) is 122 Å². The molecule has 0 unspecified atom stereocenters. The number of carbonyl (C=O) groups is 1. The molecule has 33 heavy (non-hydrogen) atoms. The van der Waals surface area contributed by atoms with Crippen LogP contribution in [0.3, 0.4) is 0 Å². The Bertz CT molecular complexity index is 1010. The quantitative estimate of drug-likeness (QED) is 0.356. The van der Waals surface area contributed by atoms with E-state index < -0.39 is 13.7 Å². The molecular weight excluding hydrogens is 424 g/mol. The molecule has 0 amide bonds. The van der Waals surface area contributed by atoms with E-state index in [9.17, 15) is 4.79 Å². The minimum Gasteiger partial charge on any atom is -0.464 e. The van der Waals surface area contributed by atoms with Gasteiger partial charge in [-0.3, -0.25) is 0 Å². The van der Waals surface area contributed by atoms with Crippen molar-refractivity contribution in [3.8, 4) is 0 Å². The van der Waals surface area contributed by atoms with Crippen LogP contribution in [-0.2, 0) is 19.9 Å². The maximum Gasteiger partial charge on any atom is 0.343 e. The molecule has 1 aliphatic rings. The standard InChI is InChI=1S/C29H34O3Si/c1-5-31-27(30)29(23-15-9-6-10-16-23)21-24(32-29)22-33(28(2,3)4,25-17-11-7-12-18-25)26-19-13-8-14-20-26/h6-20,24H,5,21-22H2,1-4H3/t24-,29+/m1/s1. The molecule has 172 valence electrons. The van der Waals surface area contributed by atoms with Crippen molar-refractivity contribution in [3.05, 3.63) is 96.6 Å². The number of ether oxygens (including phenoxy) is 2. The van der Waals surface area contributed by atoms with Gasteiger partial charge in [0.2, 0.25) is 0 Å². The molecule has 0 saturated carbocycles. The maximum atomic E-state index is 13.1. The van der Waals surface area contributed by atoms with Crippen LogP contribution in [0.25, 0.3) is 0 Å². The van der Waals surface area contributed by atoms with E-state index in [1.807, 2.05) is 37.3 Å². The lowest BCUT2D eigenvalue weighted by molar-refractivity contribution is -0.227. The fraction of sp³-hybridized carbons (Fsp3) is 0.345. The topological polar surface area (TPSA) is 35.5 Å². The summed E-state index contributed by atoms with van der Waals surface area (Å²) in [5, 5.41) is 2.86. The zero-order valence-corrected chi connectivity index (χ0v) is 21.1. The van der Waals surface area contributed by atoms with Gasteiger partial charge in [0.05, 0.1) is 12.7 Å². The summed E-state index contributed by atoms with van der Waals surface area (Å²) in [6, 6.07) is 32.5. The molecule has 0 bridgehead atoms. The average Bonchev–Trinajstić information content (AvgIpc) is 2.80. The molecule has 0 N–H and O–H groups in total. The molecule has 0 aliphatic carbocycles. The van der Waals surface area contributed by atoms with E-state index in [4.69, 9.17) is 9.47 Å². The monoisotopic (exact) mass is 458 g/mol. The highest BCUT2D eigenvalue weighted by atomic mass is 28.3. The SMILES string of the molecule is CCOC(=O)[C@@]1(c2ccccc2)C[C@H](C[Si](c2ccccc2)(c2ccccc2)C(C)(C)C)O1. The Kier molecular flexibility index (Phi) is 6.60. The second-order valence-corrected chi connectivity index (χ2v) is 14.8. The van der Waals surface area contributed by atoms with Gasteiger partial charge in [-0.05, 0) is 23.6 Å². The van der Waals surface area contributed by atoms with Crippen molar-refractivity contribution in [1.82, 2.24) is 0 Å². The third kappa shape index (κ3) is 4.18. The van der Waals surface area contributed by atoms with Crippen LogP contribution in [0.15, 0.2) is 91.0 Å². The third-order valence-electron chi connectivity index (χ3n) is 7.08. The van der Waals surface area contributed by atoms with Crippen LogP contribution in [-0.4, -0.2) is 26.8 Å². The van der Waals surface area contributed by atoms with Gasteiger partial charge < -0.3 is 9.47 Å². The Morgan fingerprint density at radius 2 is 1.36 bits per heavy atom. The zero-order chi connectivity index (χ0) is 23.5. The molecule has 0 radical (unpaired) electrons. The normalized spacial score (nSPS) is 20.7. The number of esters is 1. The summed E-state index contributed by atoms with van der Waals surface area (Å²) in [6.07, 6.45) is 0.626. The van der Waals surface area contributed by atoms with Gasteiger partial charge in [0.15, 0.2) is 5.60 Å². The lowest BCUT2D eigenvalue weighted by Crippen LogP contribution is -2.68. The molecule has 1 fully saturated rings. The minimum absolute atomic E-state index is 0.0130. The van der Waals surface area contributed by atoms with Crippen molar-refractivity contribution in [2.75, 3.05) is 6.61 Å². The summed E-state index contributed by atoms with van der Waals surface area (Å²) in [5.41, 5.74) is -0.130. The van der Waals surface area contributed by atoms with Gasteiger partial charge in [-0.15, -0.1) is 0 Å². The van der Waals surface area contributed by atoms with E-state index in [0.29, 0.717) is 13.0 Å². The second-order valence-electron chi connectivity index (χ2n) is 9.95. The van der Waals surface area contributed by atoms with Crippen LogP contribution in [0.5, 0.6) is 0 Å². The molecule has 1 aliphatic heterocycles. The van der Waals surface area contributed by atoms with E-state index in [1.54, 1.807) is 0 Å². The summed E-state index contributed by atoms with van der Waals surface area (Å²) in [4.78, 5) is 13.1. The van der Waals surface area contributed by atoms with Crippen LogP contribution in [0, 0.1) is 0 Å². The van der Waals surface area contributed by atoms with E-state index in [0.717, 1.165) is 11.6 Å². The van der Waals surface area contributed by atoms with E-state index in [1.165, 1.54) is 10.4 Å². The van der Waals surface area contributed by atoms with Crippen molar-refractivity contribution in [3.63, 3.8) is 0 Å². The molecule has 0 aromatic heterocycles. The summed E-state index contributed by atoms with van der Waals surface area (Å²) in [5.74, 6) is -0.283. The highest BCUT2D eigenvalue weighted by Crippen LogP contribution is 2.49. The predicted molar refractivity (Wildman–Crippen MR) is 137 cm³/mol. The molecule has 1 heterocycles. The predicted octanol–water partition coefficient (Wildman–Crippen LogP) is 5.30. The molecule has 4 heteroatoms. The Balaban J connectivity index is 1.74. The number of hydrogen-bond donors (Lipinski definition) is 0. The summed E-state index contributed by atoms with van der Waals surface area (Å²) in [7, 11) is -2.28. The minimum atomic E-state index is -2.28. The number of carbonyl (C=O) groups excluding carboxylic acids is 1. The van der Waals surface area contributed by atoms with Gasteiger partial charge >= 0.3 is 5.97 Å². The first kappa shape index (κ1) is 23.5. The smallest absolute Gasteiger partial charge is 0.343 e. The van der Waals surface area contributed by atoms with Crippen molar-refractivity contribution in [1.29, 1.82) is 0 Å². The lowest BCUT2D eigenvalue weighted by Gasteiger charge is -2.52. The first-order chi connectivity index (χ1) is 15.8. The van der Waals surface area contributed by atoms with E-state index in [2.05, 4.69) is 81.4 Å². The molecule has 3 aromatic rings. The summed E-state index contributed by atoms with van der Waals surface area (Å²) < 4.78 is 12.0. The Hall–Kier alpha value is -2.69. The molecule has 1 saturated heterocycles. The van der Waals surface area contributed by atoms with Crippen LogP contribution < -0.4 is 10.4 Å². The van der Waals surface area contributed by atoms with Gasteiger partial charge in [0, 0.05) is 6.42 Å². The van der Waals surface area contributed by atoms with Crippen molar-refractivity contribution < 1.29 is 14.3 Å². The highest BCUT2D eigenvalue weighted by molar-refractivity contribution is 7.04. The Morgan fingerprint density at radius 3 is 1.79 bits per heavy atom. The van der Waals surface area contributed by atoms with Gasteiger partial charge in [0.1, 0.15) is 8.07 Å². The molecule has 4 rings (SSSR count). The van der Waals surface area contributed by atoms with Gasteiger partial charge in [0.25, 0.3) is 0 Å². The van der Waals surface area contributed by atoms with E-state index in [-0.39, 0.29) is 17.1 Å². The Labute approximate surface area is 198 Å². The van der Waals surface area contributed by atoms with Crippen LogP contribution in [0.2, 0.25) is 11.1 Å². The molecule has 0 spiro atoms. The number of rotatable bonds is 7. The van der Waals surface area contributed by atoms with Gasteiger partial charge in [-0.25, -0.2) is 4.79 Å². The van der Waals surface area contributed by atoms with Crippen LogP contribution in [0.1, 0.15) is 39.7 Å². The van der Waals surface area contributed by atoms with Crippen LogP contribution >= 0.6 is 0 Å². The maximum absolute atomic E-state index is 13.1. The van der Waals surface area contributed by atoms with Crippen molar-refractivity contribution >= 4 is 24.4 Å². The summed E-state index contributed by atoms with van der Waals surface area (Å²) in [6.45, 7) is 9.25. The fourth-order valence-corrected chi connectivity index (χ4v) is 11.0. The zero-order valence-electron chi connectivity index (χ0n) is 20.1. The molecular formula is C29H34O3Si. The third-order valence-corrected chi connectivity index (χ3v) is 13.3. The average molecular weight is 459 g/mol. The first-order valence-corrected chi connectivity index (χ1v) is 14.1. The lowest BCUT2D eigenvalue weighted by atomic mass is 9.83. The van der Waals surface area contributed by atoms with Gasteiger partial charge in [-0.2, -0.15) is 0 Å². The molecule has 2 atom stereocenters. The largest absolute Gasteiger partial charge is 0.464 e. The first-order valence-electron chi connectivity index (χ1n) is 11.8. The summed E-state index contributed by atoms with van der Waals surface area (Å²) >= 11 is 0. The van der Waals surface area contributed by atoms with Crippen molar-refractivity contribution in [2.24, 2.45) is 0 Å². The van der Waals surface area contributed by atoms with E-state index >= 15 is 0 Å². The fourth-order valence-electron chi connectivity index (χ4n) is 5.46. The number of benzene rings is 3. The van der Waals surface area contributed by atoms with Crippen LogP contribution in [0.4, 0.5) is 0 Å². The van der Waals surface area contributed by atoms with Crippen molar-refractivity contribution in [2.45, 2.75) is 56.9 Å². The number of hydrogen-bond acceptors (Lipinski definition) is 3. The second kappa shape index (κ2) is 9.28. The molecule has 3 nitrogen and oxygen atoms in total. The molecule has 3 aromatic carbocycles.